The predicted octanol–water partition coefficient (Wildman–Crippen LogP) is 6.18. The summed E-state index contributed by atoms with van der Waals surface area (Å²) in [6, 6.07) is 23.5. The van der Waals surface area contributed by atoms with Crippen LogP contribution in [0, 0.1) is 11.8 Å². The van der Waals surface area contributed by atoms with E-state index < -0.39 is 6.10 Å². The summed E-state index contributed by atoms with van der Waals surface area (Å²) in [5.74, 6) is -0.391. The van der Waals surface area contributed by atoms with Gasteiger partial charge in [0.25, 0.3) is 0 Å². The molecule has 2 bridgehead atoms. The molecule has 4 aromatic carbocycles. The standard InChI is InChI=1S/C39H43NO8/c40-22-48-35-17-24(10-14-32(35)43)9-12-29(42)19-33(44)30-13-11-26-18-27(15-23-5-2-1-3-6-23)36(30)31-20-34(45)38(46)39(37(26)31)47-21-25-7-4-8-28(41)16-25/h1-8,10,14,16-17,20,26-27,30,33,36,41,43-46H,9,11-13,15,18-19,21-22,40H2. The Balaban J connectivity index is 1.27. The molecule has 0 aliphatic heterocycles. The van der Waals surface area contributed by atoms with Gasteiger partial charge >= 0.3 is 0 Å². The highest BCUT2D eigenvalue weighted by molar-refractivity contribution is 5.79. The first-order chi connectivity index (χ1) is 23.2. The molecule has 252 valence electrons. The van der Waals surface area contributed by atoms with Gasteiger partial charge in [-0.25, -0.2) is 0 Å². The molecule has 9 heteroatoms. The zero-order chi connectivity index (χ0) is 33.8. The lowest BCUT2D eigenvalue weighted by Crippen LogP contribution is -2.34. The number of carbonyl (C=O) groups excluding carboxylic acids is 1. The van der Waals surface area contributed by atoms with Crippen molar-refractivity contribution < 1.29 is 39.8 Å². The van der Waals surface area contributed by atoms with E-state index in [2.05, 4.69) is 12.1 Å². The van der Waals surface area contributed by atoms with E-state index in [0.717, 1.165) is 41.5 Å². The van der Waals surface area contributed by atoms with Crippen LogP contribution in [-0.4, -0.2) is 44.2 Å². The van der Waals surface area contributed by atoms with Gasteiger partial charge in [-0.15, -0.1) is 0 Å². The average Bonchev–Trinajstić information content (AvgIpc) is 3.34. The van der Waals surface area contributed by atoms with E-state index in [-0.39, 0.29) is 90.1 Å². The number of aliphatic hydroxyl groups excluding tert-OH is 1. The number of hydrogen-bond acceptors (Lipinski definition) is 9. The Kier molecular flexibility index (Phi) is 10.1. The molecular weight excluding hydrogens is 610 g/mol. The van der Waals surface area contributed by atoms with Gasteiger partial charge in [-0.1, -0.05) is 48.5 Å². The summed E-state index contributed by atoms with van der Waals surface area (Å²) in [5.41, 5.74) is 9.87. The molecule has 0 heterocycles. The third kappa shape index (κ3) is 7.22. The van der Waals surface area contributed by atoms with Crippen LogP contribution in [0.15, 0.2) is 78.9 Å². The summed E-state index contributed by atoms with van der Waals surface area (Å²) in [6.45, 7) is 0.00659. The minimum absolute atomic E-state index is 0.00557. The van der Waals surface area contributed by atoms with Gasteiger partial charge in [0.1, 0.15) is 24.9 Å². The number of aryl methyl sites for hydroxylation is 1. The van der Waals surface area contributed by atoms with Crippen molar-refractivity contribution in [2.24, 2.45) is 17.6 Å². The topological polar surface area (TPSA) is 163 Å². The number of aliphatic hydroxyl groups is 1. The fourth-order valence-electron chi connectivity index (χ4n) is 7.86. The number of benzene rings is 4. The lowest BCUT2D eigenvalue weighted by atomic mass is 9.65. The largest absolute Gasteiger partial charge is 0.508 e. The van der Waals surface area contributed by atoms with Gasteiger partial charge in [0.15, 0.2) is 23.0 Å². The highest BCUT2D eigenvalue weighted by atomic mass is 16.5. The van der Waals surface area contributed by atoms with E-state index in [1.54, 1.807) is 36.4 Å². The number of ether oxygens (including phenoxy) is 2. The molecular formula is C39H43NO8. The molecule has 0 saturated heterocycles. The maximum Gasteiger partial charge on any atom is 0.200 e. The summed E-state index contributed by atoms with van der Waals surface area (Å²) in [6.07, 6.45) is 2.72. The molecule has 0 radical (unpaired) electrons. The van der Waals surface area contributed by atoms with E-state index in [1.807, 2.05) is 24.3 Å². The normalized spacial score (nSPS) is 20.5. The van der Waals surface area contributed by atoms with Crippen molar-refractivity contribution in [2.75, 3.05) is 6.73 Å². The van der Waals surface area contributed by atoms with Crippen molar-refractivity contribution in [1.29, 1.82) is 0 Å². The van der Waals surface area contributed by atoms with Crippen LogP contribution < -0.4 is 15.2 Å². The van der Waals surface area contributed by atoms with Gasteiger partial charge < -0.3 is 35.0 Å². The Morgan fingerprint density at radius 2 is 1.65 bits per heavy atom. The van der Waals surface area contributed by atoms with Gasteiger partial charge in [-0.05, 0) is 108 Å². The van der Waals surface area contributed by atoms with Crippen molar-refractivity contribution >= 4 is 5.78 Å². The van der Waals surface area contributed by atoms with Crippen LogP contribution in [0.3, 0.4) is 0 Å². The number of nitrogens with two attached hydrogens (primary N) is 1. The monoisotopic (exact) mass is 653 g/mol. The number of rotatable bonds is 13. The molecule has 7 rings (SSSR count). The van der Waals surface area contributed by atoms with E-state index in [0.29, 0.717) is 12.8 Å². The van der Waals surface area contributed by atoms with Crippen LogP contribution in [-0.2, 0) is 24.2 Å². The summed E-state index contributed by atoms with van der Waals surface area (Å²) in [5, 5.41) is 53.7. The number of hydrogen-bond donors (Lipinski definition) is 6. The Morgan fingerprint density at radius 3 is 2.42 bits per heavy atom. The summed E-state index contributed by atoms with van der Waals surface area (Å²) in [7, 11) is 0. The third-order valence-electron chi connectivity index (χ3n) is 10.00. The Morgan fingerprint density at radius 1 is 0.854 bits per heavy atom. The first-order valence-corrected chi connectivity index (χ1v) is 16.6. The molecule has 5 atom stereocenters. The molecule has 3 aliphatic carbocycles. The molecule has 48 heavy (non-hydrogen) atoms. The Hall–Kier alpha value is -4.73. The van der Waals surface area contributed by atoms with Crippen LogP contribution in [0.1, 0.15) is 71.8 Å². The number of aromatic hydroxyl groups is 4. The number of ketones is 1. The van der Waals surface area contributed by atoms with Gasteiger partial charge in [0.2, 0.25) is 5.75 Å². The quantitative estimate of drug-likeness (QED) is 0.0731. The van der Waals surface area contributed by atoms with Crippen LogP contribution in [0.25, 0.3) is 0 Å². The van der Waals surface area contributed by atoms with E-state index in [4.69, 9.17) is 15.2 Å². The molecule has 0 spiro atoms. The Bertz CT molecular complexity index is 1740. The minimum Gasteiger partial charge on any atom is -0.508 e. The first kappa shape index (κ1) is 33.2. The fraction of sp³-hybridized carbons (Fsp3) is 0.359. The maximum atomic E-state index is 13.3. The molecule has 0 amide bonds. The van der Waals surface area contributed by atoms with Gasteiger partial charge in [-0.3, -0.25) is 10.5 Å². The zero-order valence-electron chi connectivity index (χ0n) is 26.8. The summed E-state index contributed by atoms with van der Waals surface area (Å²) in [4.78, 5) is 13.3. The number of Topliss-reactive ketones (excluding diaryl/α,β-unsaturated/α-hetero) is 1. The van der Waals surface area contributed by atoms with Gasteiger partial charge in [-0.2, -0.15) is 0 Å². The first-order valence-electron chi connectivity index (χ1n) is 16.6. The zero-order valence-corrected chi connectivity index (χ0v) is 26.8. The third-order valence-corrected chi connectivity index (χ3v) is 10.00. The van der Waals surface area contributed by atoms with E-state index in [1.165, 1.54) is 11.6 Å². The smallest absolute Gasteiger partial charge is 0.200 e. The second-order valence-electron chi connectivity index (χ2n) is 13.1. The second-order valence-corrected chi connectivity index (χ2v) is 13.1. The van der Waals surface area contributed by atoms with Crippen molar-refractivity contribution in [3.05, 3.63) is 107 Å². The number of phenols is 4. The number of carbonyl (C=O) groups is 1. The molecule has 3 aliphatic rings. The molecule has 9 nitrogen and oxygen atoms in total. The lowest BCUT2D eigenvalue weighted by Gasteiger charge is -2.40. The molecule has 0 aromatic heterocycles. The van der Waals surface area contributed by atoms with Crippen molar-refractivity contribution in [3.63, 3.8) is 0 Å². The average molecular weight is 654 g/mol. The molecule has 7 N–H and O–H groups in total. The lowest BCUT2D eigenvalue weighted by molar-refractivity contribution is -0.121. The SMILES string of the molecule is NCOc1cc(CCC(=O)CC(O)C2CCC3CC(Cc4ccccc4)C2c2cc(O)c(O)c(OCc4cccc(O)c4)c23)ccc1O. The van der Waals surface area contributed by atoms with Crippen molar-refractivity contribution in [2.45, 2.75) is 69.5 Å². The summed E-state index contributed by atoms with van der Waals surface area (Å²) >= 11 is 0. The van der Waals surface area contributed by atoms with Crippen LogP contribution in [0.5, 0.6) is 34.5 Å². The summed E-state index contributed by atoms with van der Waals surface area (Å²) < 4.78 is 11.5. The second kappa shape index (κ2) is 14.6. The van der Waals surface area contributed by atoms with Crippen LogP contribution in [0.4, 0.5) is 0 Å². The van der Waals surface area contributed by atoms with Crippen LogP contribution in [0.2, 0.25) is 0 Å². The molecule has 4 aromatic rings. The van der Waals surface area contributed by atoms with E-state index in [9.17, 15) is 30.3 Å². The van der Waals surface area contributed by atoms with Crippen molar-refractivity contribution in [3.8, 4) is 34.5 Å². The van der Waals surface area contributed by atoms with Gasteiger partial charge in [0.05, 0.1) is 6.10 Å². The van der Waals surface area contributed by atoms with Gasteiger partial charge in [0, 0.05) is 18.4 Å². The fourth-order valence-corrected chi connectivity index (χ4v) is 7.86. The maximum absolute atomic E-state index is 13.3. The molecule has 1 saturated carbocycles. The van der Waals surface area contributed by atoms with E-state index >= 15 is 0 Å². The molecule has 1 fully saturated rings. The van der Waals surface area contributed by atoms with Crippen LogP contribution >= 0.6 is 0 Å². The molecule has 5 unspecified atom stereocenters. The number of phenolic OH excluding ortho intramolecular Hbond substituents is 4. The predicted molar refractivity (Wildman–Crippen MR) is 180 cm³/mol. The number of fused-ring (bicyclic) bond motifs is 3. The minimum atomic E-state index is -0.908. The highest BCUT2D eigenvalue weighted by Crippen LogP contribution is 2.60. The Labute approximate surface area is 280 Å². The highest BCUT2D eigenvalue weighted by Gasteiger charge is 2.47. The van der Waals surface area contributed by atoms with Crippen molar-refractivity contribution in [1.82, 2.24) is 0 Å².